The molecule has 160 valence electrons. The topological polar surface area (TPSA) is 62.6 Å². The van der Waals surface area contributed by atoms with E-state index in [-0.39, 0.29) is 23.2 Å². The van der Waals surface area contributed by atoms with Crippen molar-refractivity contribution in [3.05, 3.63) is 94.9 Å². The van der Waals surface area contributed by atoms with Crippen LogP contribution in [0.15, 0.2) is 71.3 Å². The van der Waals surface area contributed by atoms with Gasteiger partial charge < -0.3 is 14.6 Å². The van der Waals surface area contributed by atoms with Crippen LogP contribution in [-0.4, -0.2) is 22.5 Å². The molecule has 5 nitrogen and oxygen atoms in total. The van der Waals surface area contributed by atoms with Crippen LogP contribution in [0.3, 0.4) is 0 Å². The van der Waals surface area contributed by atoms with Gasteiger partial charge in [-0.3, -0.25) is 9.59 Å². The third-order valence-corrected chi connectivity index (χ3v) is 6.78. The van der Waals surface area contributed by atoms with Crippen LogP contribution < -0.4 is 5.32 Å². The van der Waals surface area contributed by atoms with E-state index in [4.69, 9.17) is 4.42 Å². The normalized spacial score (nSPS) is 17.0. The minimum atomic E-state index is -0.0958. The number of amides is 2. The van der Waals surface area contributed by atoms with E-state index in [1.807, 2.05) is 41.3 Å². The largest absolute Gasteiger partial charge is 0.467 e. The van der Waals surface area contributed by atoms with E-state index in [0.29, 0.717) is 17.9 Å². The summed E-state index contributed by atoms with van der Waals surface area (Å²) in [6, 6.07) is 19.5. The van der Waals surface area contributed by atoms with E-state index in [1.165, 1.54) is 5.56 Å². The molecule has 2 aromatic carbocycles. The van der Waals surface area contributed by atoms with Gasteiger partial charge >= 0.3 is 0 Å². The molecule has 1 aromatic heterocycles. The fourth-order valence-electron chi connectivity index (χ4n) is 3.73. The molecule has 2 atom stereocenters. The summed E-state index contributed by atoms with van der Waals surface area (Å²) in [5.74, 6) is 1.21. The smallest absolute Gasteiger partial charge is 0.251 e. The van der Waals surface area contributed by atoms with Gasteiger partial charge in [0.25, 0.3) is 5.91 Å². The molecule has 4 rings (SSSR count). The van der Waals surface area contributed by atoms with E-state index in [1.54, 1.807) is 18.0 Å². The third kappa shape index (κ3) is 4.85. The zero-order valence-electron chi connectivity index (χ0n) is 17.7. The lowest BCUT2D eigenvalue weighted by atomic mass is 10.0. The van der Waals surface area contributed by atoms with Gasteiger partial charge in [-0.25, -0.2) is 0 Å². The van der Waals surface area contributed by atoms with Gasteiger partial charge in [0.15, 0.2) is 0 Å². The molecular formula is C25H26N2O3S. The molecule has 1 aliphatic rings. The summed E-state index contributed by atoms with van der Waals surface area (Å²) in [6.07, 6.45) is 2.43. The number of furan rings is 1. The van der Waals surface area contributed by atoms with Gasteiger partial charge in [-0.1, -0.05) is 48.9 Å². The number of nitrogens with zero attached hydrogens (tertiary/aromatic N) is 1. The molecule has 1 fully saturated rings. The number of carbonyl (C=O) groups excluding carboxylic acids is 2. The molecule has 0 bridgehead atoms. The summed E-state index contributed by atoms with van der Waals surface area (Å²) in [7, 11) is 0. The van der Waals surface area contributed by atoms with E-state index >= 15 is 0 Å². The van der Waals surface area contributed by atoms with E-state index < -0.39 is 0 Å². The van der Waals surface area contributed by atoms with Gasteiger partial charge in [-0.05, 0) is 48.7 Å². The predicted octanol–water partition coefficient (Wildman–Crippen LogP) is 5.24. The molecule has 1 aliphatic heterocycles. The Morgan fingerprint density at radius 3 is 2.55 bits per heavy atom. The first-order chi connectivity index (χ1) is 15.0. The fraction of sp³-hybridized carbons (Fsp3) is 0.280. The first-order valence-electron chi connectivity index (χ1n) is 10.5. The summed E-state index contributed by atoms with van der Waals surface area (Å²) >= 11 is 1.59. The van der Waals surface area contributed by atoms with Crippen LogP contribution in [-0.2, 0) is 11.3 Å². The number of nitrogens with one attached hydrogen (secondary N) is 1. The van der Waals surface area contributed by atoms with Crippen LogP contribution in [0.5, 0.6) is 0 Å². The maximum atomic E-state index is 12.8. The second-order valence-electron chi connectivity index (χ2n) is 7.73. The van der Waals surface area contributed by atoms with E-state index in [2.05, 4.69) is 43.4 Å². The monoisotopic (exact) mass is 434 g/mol. The van der Waals surface area contributed by atoms with Gasteiger partial charge in [0.05, 0.1) is 24.6 Å². The maximum Gasteiger partial charge on any atom is 0.251 e. The number of benzene rings is 2. The molecule has 2 amide bonds. The zero-order valence-corrected chi connectivity index (χ0v) is 18.5. The van der Waals surface area contributed by atoms with Crippen molar-refractivity contribution >= 4 is 23.6 Å². The van der Waals surface area contributed by atoms with Crippen LogP contribution in [0, 0.1) is 6.92 Å². The van der Waals surface area contributed by atoms with Crippen molar-refractivity contribution in [3.63, 3.8) is 0 Å². The quantitative estimate of drug-likeness (QED) is 0.552. The van der Waals surface area contributed by atoms with Gasteiger partial charge in [-0.2, -0.15) is 0 Å². The van der Waals surface area contributed by atoms with Crippen molar-refractivity contribution in [2.75, 3.05) is 5.75 Å². The molecule has 0 saturated carbocycles. The SMILES string of the molecule is CCC(NC(=O)c1ccc(C2SCC(=O)N2Cc2ccco2)cc1)c1ccc(C)cc1. The number of thioether (sulfide) groups is 1. The molecule has 31 heavy (non-hydrogen) atoms. The summed E-state index contributed by atoms with van der Waals surface area (Å²) in [4.78, 5) is 27.0. The Morgan fingerprint density at radius 2 is 1.90 bits per heavy atom. The molecule has 2 unspecified atom stereocenters. The molecule has 3 aromatic rings. The Morgan fingerprint density at radius 1 is 1.16 bits per heavy atom. The zero-order chi connectivity index (χ0) is 21.8. The van der Waals surface area contributed by atoms with Gasteiger partial charge in [0, 0.05) is 5.56 Å². The standard InChI is InChI=1S/C25H26N2O3S/c1-3-22(18-8-6-17(2)7-9-18)26-24(29)19-10-12-20(13-11-19)25-27(23(28)16-31-25)15-21-5-4-14-30-21/h4-14,22,25H,3,15-16H2,1-2H3,(H,26,29). The summed E-state index contributed by atoms with van der Waals surface area (Å²) in [5, 5.41) is 3.05. The molecule has 1 N–H and O–H groups in total. The number of hydrogen-bond acceptors (Lipinski definition) is 4. The number of aryl methyl sites for hydroxylation is 1. The van der Waals surface area contributed by atoms with Crippen molar-refractivity contribution in [2.24, 2.45) is 0 Å². The fourth-order valence-corrected chi connectivity index (χ4v) is 4.92. The number of carbonyl (C=O) groups is 2. The molecule has 0 radical (unpaired) electrons. The van der Waals surface area contributed by atoms with Gasteiger partial charge in [0.1, 0.15) is 11.1 Å². The molecule has 1 saturated heterocycles. The molecule has 6 heteroatoms. The van der Waals surface area contributed by atoms with Crippen molar-refractivity contribution < 1.29 is 14.0 Å². The first-order valence-corrected chi connectivity index (χ1v) is 11.5. The van der Waals surface area contributed by atoms with Crippen molar-refractivity contribution in [2.45, 2.75) is 38.2 Å². The first kappa shape index (κ1) is 21.2. The average Bonchev–Trinajstić information content (AvgIpc) is 3.43. The molecule has 0 spiro atoms. The predicted molar refractivity (Wildman–Crippen MR) is 123 cm³/mol. The van der Waals surface area contributed by atoms with Crippen LogP contribution in [0.2, 0.25) is 0 Å². The van der Waals surface area contributed by atoms with E-state index in [0.717, 1.165) is 23.3 Å². The van der Waals surface area contributed by atoms with Gasteiger partial charge in [-0.15, -0.1) is 11.8 Å². The second-order valence-corrected chi connectivity index (χ2v) is 8.80. The highest BCUT2D eigenvalue weighted by molar-refractivity contribution is 8.00. The summed E-state index contributed by atoms with van der Waals surface area (Å²) in [6.45, 7) is 4.56. The van der Waals surface area contributed by atoms with Crippen LogP contribution in [0.4, 0.5) is 0 Å². The van der Waals surface area contributed by atoms with Crippen LogP contribution in [0.1, 0.15) is 57.6 Å². The van der Waals surface area contributed by atoms with Crippen molar-refractivity contribution in [3.8, 4) is 0 Å². The van der Waals surface area contributed by atoms with Crippen molar-refractivity contribution in [1.29, 1.82) is 0 Å². The van der Waals surface area contributed by atoms with Crippen LogP contribution >= 0.6 is 11.8 Å². The lowest BCUT2D eigenvalue weighted by molar-refractivity contribution is -0.128. The summed E-state index contributed by atoms with van der Waals surface area (Å²) < 4.78 is 5.41. The van der Waals surface area contributed by atoms with Crippen LogP contribution in [0.25, 0.3) is 0 Å². The average molecular weight is 435 g/mol. The number of hydrogen-bond donors (Lipinski definition) is 1. The highest BCUT2D eigenvalue weighted by atomic mass is 32.2. The highest BCUT2D eigenvalue weighted by Gasteiger charge is 2.33. The minimum absolute atomic E-state index is 0.0282. The minimum Gasteiger partial charge on any atom is -0.467 e. The van der Waals surface area contributed by atoms with Crippen molar-refractivity contribution in [1.82, 2.24) is 10.2 Å². The Kier molecular flexibility index (Phi) is 6.47. The maximum absolute atomic E-state index is 12.8. The van der Waals surface area contributed by atoms with E-state index in [9.17, 15) is 9.59 Å². The summed E-state index contributed by atoms with van der Waals surface area (Å²) in [5.41, 5.74) is 3.92. The Balaban J connectivity index is 1.45. The lowest BCUT2D eigenvalue weighted by Crippen LogP contribution is -2.28. The van der Waals surface area contributed by atoms with Gasteiger partial charge in [0.2, 0.25) is 5.91 Å². The second kappa shape index (κ2) is 9.43. The lowest BCUT2D eigenvalue weighted by Gasteiger charge is -2.23. The molecular weight excluding hydrogens is 408 g/mol. The molecule has 0 aliphatic carbocycles. The Labute approximate surface area is 186 Å². The number of rotatable bonds is 7. The molecule has 2 heterocycles. The third-order valence-electron chi connectivity index (χ3n) is 5.53. The Hall–Kier alpha value is -2.99. The highest BCUT2D eigenvalue weighted by Crippen LogP contribution is 2.39. The Bertz CT molecular complexity index is 1030.